The number of halogens is 2. The summed E-state index contributed by atoms with van der Waals surface area (Å²) >= 11 is 0. The Morgan fingerprint density at radius 3 is 2.42 bits per heavy atom. The van der Waals surface area contributed by atoms with Gasteiger partial charge in [-0.2, -0.15) is 0 Å². The van der Waals surface area contributed by atoms with Crippen LogP contribution in [-0.2, 0) is 4.74 Å². The van der Waals surface area contributed by atoms with Gasteiger partial charge in [-0.1, -0.05) is 0 Å². The summed E-state index contributed by atoms with van der Waals surface area (Å²) in [7, 11) is 0. The van der Waals surface area contributed by atoms with Gasteiger partial charge in [0.05, 0.1) is 12.2 Å². The van der Waals surface area contributed by atoms with Crippen LogP contribution in [0.5, 0.6) is 0 Å². The van der Waals surface area contributed by atoms with Gasteiger partial charge in [0.2, 0.25) is 0 Å². The molecule has 0 unspecified atom stereocenters. The first-order valence-corrected chi connectivity index (χ1v) is 6.01. The molecule has 1 saturated heterocycles. The van der Waals surface area contributed by atoms with Crippen LogP contribution in [0.15, 0.2) is 12.4 Å². The van der Waals surface area contributed by atoms with Crippen LogP contribution in [0.2, 0.25) is 0 Å². The van der Waals surface area contributed by atoms with Crippen LogP contribution in [0.1, 0.15) is 41.9 Å². The third-order valence-corrected chi connectivity index (χ3v) is 2.89. The van der Waals surface area contributed by atoms with Crippen molar-refractivity contribution in [1.82, 2.24) is 15.3 Å². The maximum atomic E-state index is 11.4. The fraction of sp³-hybridized carbons (Fsp3) is 0.583. The minimum Gasteiger partial charge on any atom is -0.462 e. The number of rotatable bonds is 3. The maximum Gasteiger partial charge on any atom is 0.341 e. The van der Waals surface area contributed by atoms with E-state index in [1.54, 1.807) is 19.3 Å². The molecule has 1 aromatic heterocycles. The highest BCUT2D eigenvalue weighted by Crippen LogP contribution is 2.21. The van der Waals surface area contributed by atoms with Gasteiger partial charge < -0.3 is 10.1 Å². The lowest BCUT2D eigenvalue weighted by Gasteiger charge is -2.21. The number of ether oxygens (including phenoxy) is 1. The summed E-state index contributed by atoms with van der Waals surface area (Å²) in [6, 6.07) is 0. The Hall–Kier alpha value is -0.910. The summed E-state index contributed by atoms with van der Waals surface area (Å²) in [4.78, 5) is 20.0. The van der Waals surface area contributed by atoms with Gasteiger partial charge in [-0.25, -0.2) is 14.8 Å². The third-order valence-electron chi connectivity index (χ3n) is 2.89. The Labute approximate surface area is 125 Å². The Morgan fingerprint density at radius 2 is 1.89 bits per heavy atom. The molecule has 1 fully saturated rings. The number of hydrogen-bond donors (Lipinski definition) is 1. The Kier molecular flexibility index (Phi) is 8.63. The summed E-state index contributed by atoms with van der Waals surface area (Å²) in [6.07, 6.45) is 5.22. The molecule has 2 heterocycles. The average molecular weight is 308 g/mol. The van der Waals surface area contributed by atoms with Crippen molar-refractivity contribution in [2.75, 3.05) is 19.7 Å². The van der Waals surface area contributed by atoms with Gasteiger partial charge in [-0.15, -0.1) is 24.8 Å². The molecule has 5 nitrogen and oxygen atoms in total. The van der Waals surface area contributed by atoms with Gasteiger partial charge in [-0.3, -0.25) is 0 Å². The van der Waals surface area contributed by atoms with Gasteiger partial charge in [0, 0.05) is 18.3 Å². The first kappa shape index (κ1) is 18.1. The lowest BCUT2D eigenvalue weighted by atomic mass is 9.97. The number of carbonyl (C=O) groups excluding carboxylic acids is 1. The van der Waals surface area contributed by atoms with Crippen LogP contribution in [0.25, 0.3) is 0 Å². The van der Waals surface area contributed by atoms with Gasteiger partial charge in [0.15, 0.2) is 0 Å². The fourth-order valence-corrected chi connectivity index (χ4v) is 1.95. The second kappa shape index (κ2) is 9.07. The quantitative estimate of drug-likeness (QED) is 0.865. The summed E-state index contributed by atoms with van der Waals surface area (Å²) < 4.78 is 4.88. The molecule has 2 rings (SSSR count). The SMILES string of the molecule is CCOC(=O)c1cnc(C2CCNCC2)nc1.Cl.Cl. The molecule has 0 amide bonds. The lowest BCUT2D eigenvalue weighted by Crippen LogP contribution is -2.27. The van der Waals surface area contributed by atoms with E-state index in [2.05, 4.69) is 15.3 Å². The highest BCUT2D eigenvalue weighted by molar-refractivity contribution is 5.88. The Morgan fingerprint density at radius 1 is 1.32 bits per heavy atom. The van der Waals surface area contributed by atoms with E-state index in [4.69, 9.17) is 4.74 Å². The zero-order valence-electron chi connectivity index (χ0n) is 10.8. The molecule has 108 valence electrons. The molecular weight excluding hydrogens is 289 g/mol. The summed E-state index contributed by atoms with van der Waals surface area (Å²) in [5, 5.41) is 3.30. The monoisotopic (exact) mass is 307 g/mol. The number of carbonyl (C=O) groups is 1. The predicted octanol–water partition coefficient (Wildman–Crippen LogP) is 1.96. The first-order chi connectivity index (χ1) is 8.31. The van der Waals surface area contributed by atoms with Crippen LogP contribution in [-0.4, -0.2) is 35.6 Å². The zero-order chi connectivity index (χ0) is 12.1. The second-order valence-corrected chi connectivity index (χ2v) is 4.07. The van der Waals surface area contributed by atoms with Crippen LogP contribution in [0.4, 0.5) is 0 Å². The smallest absolute Gasteiger partial charge is 0.341 e. The number of esters is 1. The van der Waals surface area contributed by atoms with Gasteiger partial charge in [-0.05, 0) is 32.9 Å². The highest BCUT2D eigenvalue weighted by Gasteiger charge is 2.18. The molecule has 0 spiro atoms. The van der Waals surface area contributed by atoms with Crippen LogP contribution in [0, 0.1) is 0 Å². The average Bonchev–Trinajstić information content (AvgIpc) is 2.40. The van der Waals surface area contributed by atoms with E-state index < -0.39 is 0 Å². The Bertz CT molecular complexity index is 381. The van der Waals surface area contributed by atoms with Crippen molar-refractivity contribution in [3.05, 3.63) is 23.8 Å². The number of nitrogens with one attached hydrogen (secondary N) is 1. The summed E-state index contributed by atoms with van der Waals surface area (Å²) in [5.41, 5.74) is 0.421. The van der Waals surface area contributed by atoms with Crippen molar-refractivity contribution in [1.29, 1.82) is 0 Å². The van der Waals surface area contributed by atoms with E-state index in [1.807, 2.05) is 0 Å². The number of nitrogens with zero attached hydrogens (tertiary/aromatic N) is 2. The molecule has 1 aliphatic rings. The minimum atomic E-state index is -0.357. The van der Waals surface area contributed by atoms with Crippen molar-refractivity contribution in [3.63, 3.8) is 0 Å². The standard InChI is InChI=1S/C12H17N3O2.2ClH/c1-2-17-12(16)10-7-14-11(15-8-10)9-3-5-13-6-4-9;;/h7-9,13H,2-6H2,1H3;2*1H. The van der Waals surface area contributed by atoms with Crippen molar-refractivity contribution in [2.24, 2.45) is 0 Å². The molecule has 0 atom stereocenters. The van der Waals surface area contributed by atoms with Crippen molar-refractivity contribution < 1.29 is 9.53 Å². The molecule has 0 aliphatic carbocycles. The highest BCUT2D eigenvalue weighted by atomic mass is 35.5. The predicted molar refractivity (Wildman–Crippen MR) is 77.3 cm³/mol. The molecule has 1 aromatic rings. The summed E-state index contributed by atoms with van der Waals surface area (Å²) in [6.45, 7) is 4.17. The fourth-order valence-electron chi connectivity index (χ4n) is 1.95. The van der Waals surface area contributed by atoms with Crippen molar-refractivity contribution in [2.45, 2.75) is 25.7 Å². The molecule has 7 heteroatoms. The van der Waals surface area contributed by atoms with Crippen molar-refractivity contribution >= 4 is 30.8 Å². The largest absolute Gasteiger partial charge is 0.462 e. The van der Waals surface area contributed by atoms with Gasteiger partial charge in [0.1, 0.15) is 5.82 Å². The van der Waals surface area contributed by atoms with E-state index in [9.17, 15) is 4.79 Å². The number of piperidine rings is 1. The van der Waals surface area contributed by atoms with E-state index in [-0.39, 0.29) is 30.8 Å². The van der Waals surface area contributed by atoms with Gasteiger partial charge >= 0.3 is 5.97 Å². The third kappa shape index (κ3) is 4.93. The van der Waals surface area contributed by atoms with Gasteiger partial charge in [0.25, 0.3) is 0 Å². The van der Waals surface area contributed by atoms with E-state index in [0.29, 0.717) is 18.1 Å². The molecule has 1 aliphatic heterocycles. The van der Waals surface area contributed by atoms with Crippen molar-refractivity contribution in [3.8, 4) is 0 Å². The molecular formula is C12H19Cl2N3O2. The molecule has 0 saturated carbocycles. The van der Waals surface area contributed by atoms with Crippen LogP contribution < -0.4 is 5.32 Å². The Balaban J connectivity index is 0.00000162. The molecule has 0 aromatic carbocycles. The van der Waals surface area contributed by atoms with E-state index in [1.165, 1.54) is 0 Å². The minimum absolute atomic E-state index is 0. The van der Waals surface area contributed by atoms with E-state index >= 15 is 0 Å². The molecule has 0 bridgehead atoms. The molecule has 0 radical (unpaired) electrons. The topological polar surface area (TPSA) is 64.1 Å². The van der Waals surface area contributed by atoms with Crippen LogP contribution >= 0.6 is 24.8 Å². The summed E-state index contributed by atoms with van der Waals surface area (Å²) in [5.74, 6) is 0.886. The van der Waals surface area contributed by atoms with Crippen LogP contribution in [0.3, 0.4) is 0 Å². The first-order valence-electron chi connectivity index (χ1n) is 6.01. The van der Waals surface area contributed by atoms with E-state index in [0.717, 1.165) is 31.8 Å². The second-order valence-electron chi connectivity index (χ2n) is 4.07. The molecule has 1 N–H and O–H groups in total. The molecule has 19 heavy (non-hydrogen) atoms. The lowest BCUT2D eigenvalue weighted by molar-refractivity contribution is 0.0525. The number of aromatic nitrogens is 2. The zero-order valence-corrected chi connectivity index (χ0v) is 12.4. The number of hydrogen-bond acceptors (Lipinski definition) is 5. The maximum absolute atomic E-state index is 11.4. The normalized spacial score (nSPS) is 15.0.